The Morgan fingerprint density at radius 3 is 2.30 bits per heavy atom. The smallest absolute Gasteiger partial charge is 0.145 e. The van der Waals surface area contributed by atoms with Gasteiger partial charge in [-0.3, -0.25) is 0 Å². The minimum absolute atomic E-state index is 0.169. The molecule has 2 aromatic rings. The van der Waals surface area contributed by atoms with E-state index in [4.69, 9.17) is 44.3 Å². The van der Waals surface area contributed by atoms with Crippen LogP contribution in [0.4, 0.5) is 0 Å². The Kier molecular flexibility index (Phi) is 5.49. The van der Waals surface area contributed by atoms with Crippen LogP contribution in [0.3, 0.4) is 0 Å². The van der Waals surface area contributed by atoms with Gasteiger partial charge in [0, 0.05) is 11.1 Å². The van der Waals surface area contributed by atoms with Crippen LogP contribution in [0.2, 0.25) is 13.7 Å². The largest absolute Gasteiger partial charge is 0.495 e. The molecule has 0 spiro atoms. The highest BCUT2D eigenvalue weighted by molar-refractivity contribution is 9.09. The van der Waals surface area contributed by atoms with Crippen LogP contribution in [0.1, 0.15) is 16.0 Å². The SMILES string of the molecule is COc1ccc(C(Br)c2cc(Cl)sc2Cl)c(OC)c1Cl. The van der Waals surface area contributed by atoms with Crippen molar-refractivity contribution in [3.63, 3.8) is 0 Å². The lowest BCUT2D eigenvalue weighted by Crippen LogP contribution is -1.98. The molecule has 0 N–H and O–H groups in total. The Labute approximate surface area is 144 Å². The van der Waals surface area contributed by atoms with Crippen molar-refractivity contribution in [2.24, 2.45) is 0 Å². The standard InChI is InChI=1S/C13H10BrCl3O2S/c1-18-8-4-3-6(12(19-2)11(8)16)10(14)7-5-9(15)20-13(7)17/h3-5,10H,1-2H3. The van der Waals surface area contributed by atoms with Crippen molar-refractivity contribution >= 4 is 62.1 Å². The summed E-state index contributed by atoms with van der Waals surface area (Å²) < 4.78 is 11.8. The van der Waals surface area contributed by atoms with Gasteiger partial charge in [-0.25, -0.2) is 0 Å². The molecule has 0 bridgehead atoms. The molecule has 1 aromatic heterocycles. The summed E-state index contributed by atoms with van der Waals surface area (Å²) in [5.74, 6) is 1.10. The molecule has 0 radical (unpaired) electrons. The molecule has 0 aliphatic carbocycles. The van der Waals surface area contributed by atoms with E-state index >= 15 is 0 Å². The van der Waals surface area contributed by atoms with Crippen LogP contribution in [0.15, 0.2) is 18.2 Å². The van der Waals surface area contributed by atoms with Gasteiger partial charge in [0.15, 0.2) is 0 Å². The summed E-state index contributed by atoms with van der Waals surface area (Å²) in [6, 6.07) is 5.49. The second-order valence-corrected chi connectivity index (χ2v) is 7.43. The average molecular weight is 417 g/mol. The molecule has 0 saturated carbocycles. The maximum absolute atomic E-state index is 6.26. The van der Waals surface area contributed by atoms with Gasteiger partial charge < -0.3 is 9.47 Å². The quantitative estimate of drug-likeness (QED) is 0.552. The summed E-state index contributed by atoms with van der Waals surface area (Å²) in [5, 5.41) is 0.425. The maximum atomic E-state index is 6.26. The summed E-state index contributed by atoms with van der Waals surface area (Å²) in [6.45, 7) is 0. The molecule has 7 heteroatoms. The van der Waals surface area contributed by atoms with Crippen LogP contribution in [0.25, 0.3) is 0 Å². The Hall–Kier alpha value is -0.130. The third-order valence-electron chi connectivity index (χ3n) is 2.75. The zero-order chi connectivity index (χ0) is 14.9. The highest BCUT2D eigenvalue weighted by Gasteiger charge is 2.23. The van der Waals surface area contributed by atoms with Crippen LogP contribution < -0.4 is 9.47 Å². The lowest BCUT2D eigenvalue weighted by Gasteiger charge is -2.17. The van der Waals surface area contributed by atoms with Gasteiger partial charge in [0.05, 0.1) is 27.7 Å². The second-order valence-electron chi connectivity index (χ2n) is 3.85. The number of halogens is 4. The van der Waals surface area contributed by atoms with Gasteiger partial charge in [-0.05, 0) is 12.1 Å². The predicted octanol–water partition coefficient (Wildman–Crippen LogP) is 6.21. The number of hydrogen-bond donors (Lipinski definition) is 0. The number of hydrogen-bond acceptors (Lipinski definition) is 3. The van der Waals surface area contributed by atoms with Gasteiger partial charge in [0.1, 0.15) is 16.5 Å². The zero-order valence-electron chi connectivity index (χ0n) is 10.5. The average Bonchev–Trinajstić information content (AvgIpc) is 2.76. The molecule has 0 saturated heterocycles. The third-order valence-corrected chi connectivity index (χ3v) is 5.61. The zero-order valence-corrected chi connectivity index (χ0v) is 15.2. The Morgan fingerprint density at radius 2 is 1.80 bits per heavy atom. The number of alkyl halides is 1. The van der Waals surface area contributed by atoms with E-state index in [0.29, 0.717) is 25.2 Å². The van der Waals surface area contributed by atoms with Crippen molar-refractivity contribution in [3.8, 4) is 11.5 Å². The van der Waals surface area contributed by atoms with Gasteiger partial charge in [0.25, 0.3) is 0 Å². The van der Waals surface area contributed by atoms with Crippen LogP contribution >= 0.6 is 62.1 Å². The minimum Gasteiger partial charge on any atom is -0.495 e. The molecule has 2 nitrogen and oxygen atoms in total. The van der Waals surface area contributed by atoms with Crippen LogP contribution in [-0.2, 0) is 0 Å². The summed E-state index contributed by atoms with van der Waals surface area (Å²) in [7, 11) is 3.12. The third kappa shape index (κ3) is 3.04. The molecule has 0 aliphatic heterocycles. The van der Waals surface area contributed by atoms with Crippen LogP contribution in [-0.4, -0.2) is 14.2 Å². The number of rotatable bonds is 4. The molecular formula is C13H10BrCl3O2S. The Morgan fingerprint density at radius 1 is 1.10 bits per heavy atom. The summed E-state index contributed by atoms with van der Waals surface area (Å²) >= 11 is 23.4. The topological polar surface area (TPSA) is 18.5 Å². The highest BCUT2D eigenvalue weighted by Crippen LogP contribution is 2.47. The van der Waals surface area contributed by atoms with Crippen LogP contribution in [0, 0.1) is 0 Å². The van der Waals surface area contributed by atoms with Crippen LogP contribution in [0.5, 0.6) is 11.5 Å². The van der Waals surface area contributed by atoms with E-state index in [1.165, 1.54) is 11.3 Å². The molecule has 0 aliphatic rings. The molecule has 0 amide bonds. The molecule has 20 heavy (non-hydrogen) atoms. The number of benzene rings is 1. The first-order valence-electron chi connectivity index (χ1n) is 5.48. The molecule has 1 unspecified atom stereocenters. The number of methoxy groups -OCH3 is 2. The van der Waals surface area contributed by atoms with E-state index in [-0.39, 0.29) is 4.83 Å². The van der Waals surface area contributed by atoms with Gasteiger partial charge in [-0.15, -0.1) is 11.3 Å². The van der Waals surface area contributed by atoms with E-state index in [2.05, 4.69) is 15.9 Å². The molecule has 1 aromatic carbocycles. The van der Waals surface area contributed by atoms with Crippen molar-refractivity contribution in [1.29, 1.82) is 0 Å². The van der Waals surface area contributed by atoms with Gasteiger partial charge >= 0.3 is 0 Å². The van der Waals surface area contributed by atoms with E-state index in [0.717, 1.165) is 11.1 Å². The van der Waals surface area contributed by atoms with E-state index < -0.39 is 0 Å². The van der Waals surface area contributed by atoms with Crippen molar-refractivity contribution in [1.82, 2.24) is 0 Å². The number of ether oxygens (including phenoxy) is 2. The van der Waals surface area contributed by atoms with Crippen molar-refractivity contribution < 1.29 is 9.47 Å². The first kappa shape index (κ1) is 16.2. The molecule has 108 valence electrons. The van der Waals surface area contributed by atoms with Crippen molar-refractivity contribution in [2.75, 3.05) is 14.2 Å². The Bertz CT molecular complexity index is 630. The van der Waals surface area contributed by atoms with E-state index in [9.17, 15) is 0 Å². The van der Waals surface area contributed by atoms with E-state index in [1.807, 2.05) is 12.1 Å². The fourth-order valence-corrected chi connectivity index (χ4v) is 4.67. The number of thiophene rings is 1. The van der Waals surface area contributed by atoms with E-state index in [1.54, 1.807) is 20.3 Å². The fourth-order valence-electron chi connectivity index (χ4n) is 1.81. The van der Waals surface area contributed by atoms with Gasteiger partial charge in [0.2, 0.25) is 0 Å². The molecule has 0 fully saturated rings. The highest BCUT2D eigenvalue weighted by atomic mass is 79.9. The Balaban J connectivity index is 2.52. The van der Waals surface area contributed by atoms with Gasteiger partial charge in [-0.2, -0.15) is 0 Å². The minimum atomic E-state index is -0.169. The predicted molar refractivity (Wildman–Crippen MR) is 89.7 cm³/mol. The van der Waals surface area contributed by atoms with Gasteiger partial charge in [-0.1, -0.05) is 56.8 Å². The fraction of sp³-hybridized carbons (Fsp3) is 0.231. The molecule has 1 heterocycles. The summed E-state index contributed by atoms with van der Waals surface area (Å²) in [4.78, 5) is -0.169. The second kappa shape index (κ2) is 6.75. The van der Waals surface area contributed by atoms with Crippen molar-refractivity contribution in [2.45, 2.75) is 4.83 Å². The lowest BCUT2D eigenvalue weighted by atomic mass is 10.1. The summed E-state index contributed by atoms with van der Waals surface area (Å²) in [5.41, 5.74) is 1.73. The molecule has 2 rings (SSSR count). The first-order chi connectivity index (χ1) is 9.49. The molecule has 1 atom stereocenters. The van der Waals surface area contributed by atoms with Crippen molar-refractivity contribution in [3.05, 3.63) is 43.0 Å². The first-order valence-corrected chi connectivity index (χ1v) is 8.35. The lowest BCUT2D eigenvalue weighted by molar-refractivity contribution is 0.392. The monoisotopic (exact) mass is 414 g/mol. The maximum Gasteiger partial charge on any atom is 0.145 e. The normalized spacial score (nSPS) is 12.3. The molecular weight excluding hydrogens is 406 g/mol. The summed E-state index contributed by atoms with van der Waals surface area (Å²) in [6.07, 6.45) is 0.